The third kappa shape index (κ3) is 4.22. The van der Waals surface area contributed by atoms with Gasteiger partial charge in [-0.25, -0.2) is 4.79 Å². The Bertz CT molecular complexity index is 1050. The van der Waals surface area contributed by atoms with Gasteiger partial charge in [-0.15, -0.1) is 0 Å². The Kier molecular flexibility index (Phi) is 5.67. The number of nitrogens with one attached hydrogen (secondary N) is 2. The van der Waals surface area contributed by atoms with Crippen molar-refractivity contribution in [3.05, 3.63) is 73.8 Å². The normalized spacial score (nSPS) is 12.5. The van der Waals surface area contributed by atoms with E-state index in [1.54, 1.807) is 0 Å². The number of nitro groups is 2. The van der Waals surface area contributed by atoms with E-state index in [0.29, 0.717) is 5.69 Å². The van der Waals surface area contributed by atoms with Gasteiger partial charge >= 0.3 is 6.03 Å². The molecule has 0 saturated carbocycles. The minimum atomic E-state index is -0.645. The minimum absolute atomic E-state index is 0.0157. The molecule has 0 fully saturated rings. The SMILES string of the molecule is O=C(NCCCN1C(=O)c2ccc([N+](=O)[O-])cc2C1=O)Nc1ccc([N+](=O)[O-])cc1. The van der Waals surface area contributed by atoms with E-state index in [9.17, 15) is 34.6 Å². The molecule has 2 aromatic rings. The smallest absolute Gasteiger partial charge is 0.319 e. The van der Waals surface area contributed by atoms with Crippen molar-refractivity contribution >= 4 is 34.9 Å². The van der Waals surface area contributed by atoms with Gasteiger partial charge in [-0.05, 0) is 24.6 Å². The summed E-state index contributed by atoms with van der Waals surface area (Å²) in [5.74, 6) is -1.16. The molecule has 12 heteroatoms. The van der Waals surface area contributed by atoms with Crippen molar-refractivity contribution in [3.8, 4) is 0 Å². The Hall–Kier alpha value is -4.35. The Labute approximate surface area is 168 Å². The Balaban J connectivity index is 1.49. The molecule has 154 valence electrons. The molecule has 12 nitrogen and oxygen atoms in total. The van der Waals surface area contributed by atoms with Crippen LogP contribution in [0.15, 0.2) is 42.5 Å². The highest BCUT2D eigenvalue weighted by molar-refractivity contribution is 6.21. The molecule has 0 aliphatic carbocycles. The lowest BCUT2D eigenvalue weighted by molar-refractivity contribution is -0.385. The van der Waals surface area contributed by atoms with Crippen molar-refractivity contribution in [1.29, 1.82) is 0 Å². The third-order valence-electron chi connectivity index (χ3n) is 4.35. The number of imide groups is 1. The Morgan fingerprint density at radius 3 is 2.13 bits per heavy atom. The summed E-state index contributed by atoms with van der Waals surface area (Å²) in [5.41, 5.74) is 0.0705. The molecule has 4 amide bonds. The zero-order valence-corrected chi connectivity index (χ0v) is 15.4. The molecule has 30 heavy (non-hydrogen) atoms. The first-order chi connectivity index (χ1) is 14.3. The van der Waals surface area contributed by atoms with E-state index in [4.69, 9.17) is 0 Å². The average molecular weight is 413 g/mol. The maximum absolute atomic E-state index is 12.4. The van der Waals surface area contributed by atoms with E-state index in [2.05, 4.69) is 10.6 Å². The molecule has 3 rings (SSSR count). The predicted molar refractivity (Wildman–Crippen MR) is 103 cm³/mol. The molecular formula is C18H15N5O7. The standard InChI is InChI=1S/C18H15N5O7/c24-16-14-7-6-13(23(29)30)10-15(14)17(25)21(16)9-1-8-19-18(26)20-11-2-4-12(5-3-11)22(27)28/h2-7,10H,1,8-9H2,(H2,19,20,26). The summed E-state index contributed by atoms with van der Waals surface area (Å²) in [6, 6.07) is 8.21. The molecule has 1 aliphatic rings. The monoisotopic (exact) mass is 413 g/mol. The molecular weight excluding hydrogens is 398 g/mol. The minimum Gasteiger partial charge on any atom is -0.338 e. The first-order valence-corrected chi connectivity index (χ1v) is 8.72. The molecule has 0 radical (unpaired) electrons. The van der Waals surface area contributed by atoms with Gasteiger partial charge in [0, 0.05) is 43.0 Å². The Morgan fingerprint density at radius 1 is 0.900 bits per heavy atom. The number of carbonyl (C=O) groups is 3. The zero-order chi connectivity index (χ0) is 21.8. The number of rotatable bonds is 7. The summed E-state index contributed by atoms with van der Waals surface area (Å²) in [6.07, 6.45) is 0.265. The van der Waals surface area contributed by atoms with Gasteiger partial charge in [0.15, 0.2) is 0 Å². The lowest BCUT2D eigenvalue weighted by Gasteiger charge is -2.14. The average Bonchev–Trinajstić information content (AvgIpc) is 2.95. The van der Waals surface area contributed by atoms with Gasteiger partial charge in [0.2, 0.25) is 0 Å². The van der Waals surface area contributed by atoms with Crippen molar-refractivity contribution < 1.29 is 24.2 Å². The van der Waals surface area contributed by atoms with Crippen LogP contribution in [-0.2, 0) is 0 Å². The molecule has 1 aliphatic heterocycles. The van der Waals surface area contributed by atoms with Crippen molar-refractivity contribution in [2.45, 2.75) is 6.42 Å². The first-order valence-electron chi connectivity index (χ1n) is 8.72. The number of urea groups is 1. The lowest BCUT2D eigenvalue weighted by Crippen LogP contribution is -2.35. The molecule has 1 heterocycles. The van der Waals surface area contributed by atoms with Gasteiger partial charge in [0.25, 0.3) is 23.2 Å². The molecule has 2 N–H and O–H groups in total. The number of nitrogens with zero attached hydrogens (tertiary/aromatic N) is 3. The third-order valence-corrected chi connectivity index (χ3v) is 4.35. The van der Waals surface area contributed by atoms with E-state index >= 15 is 0 Å². The Morgan fingerprint density at radius 2 is 1.50 bits per heavy atom. The van der Waals surface area contributed by atoms with Crippen LogP contribution in [0.5, 0.6) is 0 Å². The molecule has 0 bridgehead atoms. The van der Waals surface area contributed by atoms with Crippen LogP contribution in [0.1, 0.15) is 27.1 Å². The van der Waals surface area contributed by atoms with Gasteiger partial charge in [-0.2, -0.15) is 0 Å². The van der Waals surface area contributed by atoms with Crippen molar-refractivity contribution in [3.63, 3.8) is 0 Å². The van der Waals surface area contributed by atoms with Crippen LogP contribution in [0.3, 0.4) is 0 Å². The quantitative estimate of drug-likeness (QED) is 0.304. The zero-order valence-electron chi connectivity index (χ0n) is 15.4. The number of hydrogen-bond acceptors (Lipinski definition) is 7. The maximum atomic E-state index is 12.4. The summed E-state index contributed by atoms with van der Waals surface area (Å²) < 4.78 is 0. The van der Waals surface area contributed by atoms with Crippen molar-refractivity contribution in [2.24, 2.45) is 0 Å². The van der Waals surface area contributed by atoms with E-state index in [1.807, 2.05) is 0 Å². The second kappa shape index (κ2) is 8.34. The molecule has 0 atom stereocenters. The van der Waals surface area contributed by atoms with Crippen molar-refractivity contribution in [1.82, 2.24) is 10.2 Å². The molecule has 0 spiro atoms. The highest BCUT2D eigenvalue weighted by Crippen LogP contribution is 2.26. The highest BCUT2D eigenvalue weighted by atomic mass is 16.6. The predicted octanol–water partition coefficient (Wildman–Crippen LogP) is 2.31. The van der Waals surface area contributed by atoms with E-state index in [1.165, 1.54) is 30.3 Å². The number of nitro benzene ring substituents is 2. The topological polar surface area (TPSA) is 165 Å². The highest BCUT2D eigenvalue weighted by Gasteiger charge is 2.36. The number of non-ortho nitro benzene ring substituents is 2. The van der Waals surface area contributed by atoms with Crippen LogP contribution in [0.2, 0.25) is 0 Å². The molecule has 2 aromatic carbocycles. The number of hydrogen-bond donors (Lipinski definition) is 2. The number of carbonyl (C=O) groups excluding carboxylic acids is 3. The number of anilines is 1. The summed E-state index contributed by atoms with van der Waals surface area (Å²) in [7, 11) is 0. The summed E-state index contributed by atoms with van der Waals surface area (Å²) in [6.45, 7) is 0.171. The number of amides is 4. The molecule has 0 unspecified atom stereocenters. The maximum Gasteiger partial charge on any atom is 0.319 e. The lowest BCUT2D eigenvalue weighted by atomic mass is 10.1. The van der Waals surface area contributed by atoms with Crippen LogP contribution in [0, 0.1) is 20.2 Å². The number of benzene rings is 2. The van der Waals surface area contributed by atoms with E-state index < -0.39 is 27.7 Å². The fraction of sp³-hybridized carbons (Fsp3) is 0.167. The first kappa shape index (κ1) is 20.4. The second-order valence-electron chi connectivity index (χ2n) is 6.29. The van der Waals surface area contributed by atoms with Crippen LogP contribution in [0.25, 0.3) is 0 Å². The fourth-order valence-corrected chi connectivity index (χ4v) is 2.88. The van der Waals surface area contributed by atoms with Gasteiger partial charge < -0.3 is 10.6 Å². The van der Waals surface area contributed by atoms with Crippen LogP contribution in [0.4, 0.5) is 21.9 Å². The number of fused-ring (bicyclic) bond motifs is 1. The van der Waals surface area contributed by atoms with Gasteiger partial charge in [-0.3, -0.25) is 34.7 Å². The summed E-state index contributed by atoms with van der Waals surface area (Å²) in [5, 5.41) is 26.5. The van der Waals surface area contributed by atoms with Crippen LogP contribution >= 0.6 is 0 Å². The van der Waals surface area contributed by atoms with Gasteiger partial charge in [-0.1, -0.05) is 0 Å². The van der Waals surface area contributed by atoms with Crippen molar-refractivity contribution in [2.75, 3.05) is 18.4 Å². The van der Waals surface area contributed by atoms with E-state index in [0.717, 1.165) is 17.0 Å². The van der Waals surface area contributed by atoms with Gasteiger partial charge in [0.1, 0.15) is 0 Å². The second-order valence-corrected chi connectivity index (χ2v) is 6.29. The van der Waals surface area contributed by atoms with E-state index in [-0.39, 0.29) is 42.0 Å². The molecule has 0 aromatic heterocycles. The van der Waals surface area contributed by atoms with Crippen LogP contribution in [-0.4, -0.2) is 45.7 Å². The largest absolute Gasteiger partial charge is 0.338 e. The summed E-state index contributed by atoms with van der Waals surface area (Å²) in [4.78, 5) is 57.8. The fourth-order valence-electron chi connectivity index (χ4n) is 2.88. The van der Waals surface area contributed by atoms with Gasteiger partial charge in [0.05, 0.1) is 21.0 Å². The van der Waals surface area contributed by atoms with Crippen LogP contribution < -0.4 is 10.6 Å². The summed E-state index contributed by atoms with van der Waals surface area (Å²) >= 11 is 0. The molecule has 0 saturated heterocycles.